The van der Waals surface area contributed by atoms with Gasteiger partial charge in [-0.2, -0.15) is 0 Å². The van der Waals surface area contributed by atoms with Crippen LogP contribution in [0.2, 0.25) is 0 Å². The molecule has 9 nitrogen and oxygen atoms in total. The first-order valence-corrected chi connectivity index (χ1v) is 10.0. The molecule has 0 aliphatic carbocycles. The monoisotopic (exact) mass is 445 g/mol. The lowest BCUT2D eigenvalue weighted by atomic mass is 10.0. The number of methoxy groups -OCH3 is 1. The van der Waals surface area contributed by atoms with Gasteiger partial charge in [0.05, 0.1) is 24.7 Å². The number of rotatable bonds is 5. The fourth-order valence-electron chi connectivity index (χ4n) is 3.81. The molecule has 0 bridgehead atoms. The van der Waals surface area contributed by atoms with Crippen molar-refractivity contribution in [3.63, 3.8) is 0 Å². The molecule has 4 rings (SSSR count). The SMILES string of the molecule is COC(=O)[C@H](Cc1c[nH]c2cc(C#CCC(=O)NO)ccc12)N1C(=O)c2ccccc2C1=O. The van der Waals surface area contributed by atoms with Crippen LogP contribution in [0.25, 0.3) is 10.9 Å². The molecule has 0 saturated heterocycles. The molecule has 0 radical (unpaired) electrons. The molecular weight excluding hydrogens is 426 g/mol. The molecule has 0 fully saturated rings. The summed E-state index contributed by atoms with van der Waals surface area (Å²) in [6, 6.07) is 10.6. The average Bonchev–Trinajstić information content (AvgIpc) is 3.35. The second-order valence-electron chi connectivity index (χ2n) is 7.36. The number of carbonyl (C=O) groups excluding carboxylic acids is 4. The third-order valence-corrected chi connectivity index (χ3v) is 5.40. The van der Waals surface area contributed by atoms with Crippen molar-refractivity contribution in [1.82, 2.24) is 15.4 Å². The van der Waals surface area contributed by atoms with Crippen LogP contribution >= 0.6 is 0 Å². The van der Waals surface area contributed by atoms with Gasteiger partial charge in [0.15, 0.2) is 0 Å². The van der Waals surface area contributed by atoms with Gasteiger partial charge in [0.1, 0.15) is 6.04 Å². The Morgan fingerprint density at radius 1 is 1.15 bits per heavy atom. The van der Waals surface area contributed by atoms with Crippen LogP contribution in [0.15, 0.2) is 48.7 Å². The van der Waals surface area contributed by atoms with Crippen molar-refractivity contribution in [2.24, 2.45) is 0 Å². The molecule has 166 valence electrons. The summed E-state index contributed by atoms with van der Waals surface area (Å²) in [6.45, 7) is 0. The molecular formula is C24H19N3O6. The van der Waals surface area contributed by atoms with E-state index in [-0.39, 0.29) is 24.0 Å². The number of nitrogens with one attached hydrogen (secondary N) is 2. The van der Waals surface area contributed by atoms with E-state index in [1.54, 1.807) is 48.7 Å². The van der Waals surface area contributed by atoms with Gasteiger partial charge in [-0.25, -0.2) is 10.3 Å². The number of hydrogen-bond acceptors (Lipinski definition) is 6. The minimum atomic E-state index is -1.13. The highest BCUT2D eigenvalue weighted by atomic mass is 16.5. The molecule has 33 heavy (non-hydrogen) atoms. The van der Waals surface area contributed by atoms with Crippen LogP contribution in [-0.4, -0.2) is 51.9 Å². The predicted molar refractivity (Wildman–Crippen MR) is 116 cm³/mol. The average molecular weight is 445 g/mol. The van der Waals surface area contributed by atoms with Crippen molar-refractivity contribution in [3.8, 4) is 11.8 Å². The fraction of sp³-hybridized carbons (Fsp3) is 0.167. The van der Waals surface area contributed by atoms with Crippen molar-refractivity contribution < 1.29 is 29.1 Å². The van der Waals surface area contributed by atoms with Crippen LogP contribution in [0, 0.1) is 11.8 Å². The molecule has 1 aromatic heterocycles. The van der Waals surface area contributed by atoms with Gasteiger partial charge in [-0.1, -0.05) is 30.0 Å². The van der Waals surface area contributed by atoms with E-state index in [4.69, 9.17) is 9.94 Å². The largest absolute Gasteiger partial charge is 0.467 e. The number of esters is 1. The minimum absolute atomic E-state index is 0.0693. The third-order valence-electron chi connectivity index (χ3n) is 5.40. The van der Waals surface area contributed by atoms with Crippen molar-refractivity contribution in [3.05, 3.63) is 70.9 Å². The van der Waals surface area contributed by atoms with E-state index in [1.165, 1.54) is 12.6 Å². The summed E-state index contributed by atoms with van der Waals surface area (Å²) in [6.07, 6.45) is 1.63. The summed E-state index contributed by atoms with van der Waals surface area (Å²) in [5.74, 6) is 3.13. The normalized spacial score (nSPS) is 13.3. The Morgan fingerprint density at radius 2 is 1.85 bits per heavy atom. The van der Waals surface area contributed by atoms with Gasteiger partial charge >= 0.3 is 5.97 Å². The van der Waals surface area contributed by atoms with E-state index in [1.807, 2.05) is 0 Å². The Morgan fingerprint density at radius 3 is 2.48 bits per heavy atom. The molecule has 2 heterocycles. The van der Waals surface area contributed by atoms with Crippen molar-refractivity contribution in [1.29, 1.82) is 0 Å². The lowest BCUT2D eigenvalue weighted by molar-refractivity contribution is -0.145. The number of carbonyl (C=O) groups is 4. The van der Waals surface area contributed by atoms with Gasteiger partial charge in [-0.3, -0.25) is 24.5 Å². The van der Waals surface area contributed by atoms with Crippen LogP contribution in [0.1, 0.15) is 38.3 Å². The summed E-state index contributed by atoms with van der Waals surface area (Å²) in [7, 11) is 1.21. The molecule has 0 spiro atoms. The second kappa shape index (κ2) is 8.98. The van der Waals surface area contributed by atoms with Gasteiger partial charge in [-0.05, 0) is 29.8 Å². The number of aromatic nitrogens is 1. The zero-order valence-electron chi connectivity index (χ0n) is 17.5. The lowest BCUT2D eigenvalue weighted by Crippen LogP contribution is -2.46. The Labute approximate surface area is 188 Å². The smallest absolute Gasteiger partial charge is 0.329 e. The number of nitrogens with zero attached hydrogens (tertiary/aromatic N) is 1. The van der Waals surface area contributed by atoms with Crippen LogP contribution < -0.4 is 5.48 Å². The standard InChI is InChI=1S/C24H19N3O6/c1-33-24(31)20(27-22(29)17-6-2-3-7-18(17)23(27)30)12-15-13-25-19-11-14(9-10-16(15)19)5-4-8-21(28)26-32/h2-3,6-7,9-11,13,20,25,32H,8,12H2,1H3,(H,26,28)/t20-/m0/s1. The molecule has 3 N–H and O–H groups in total. The zero-order valence-corrected chi connectivity index (χ0v) is 17.5. The van der Waals surface area contributed by atoms with Crippen LogP contribution in [0.3, 0.4) is 0 Å². The van der Waals surface area contributed by atoms with Crippen molar-refractivity contribution in [2.45, 2.75) is 18.9 Å². The second-order valence-corrected chi connectivity index (χ2v) is 7.36. The Balaban J connectivity index is 1.62. The van der Waals surface area contributed by atoms with E-state index < -0.39 is 29.7 Å². The number of hydrogen-bond donors (Lipinski definition) is 3. The first-order chi connectivity index (χ1) is 15.9. The molecule has 1 atom stereocenters. The first kappa shape index (κ1) is 21.8. The predicted octanol–water partition coefficient (Wildman–Crippen LogP) is 1.80. The maximum Gasteiger partial charge on any atom is 0.329 e. The van der Waals surface area contributed by atoms with Crippen molar-refractivity contribution in [2.75, 3.05) is 7.11 Å². The van der Waals surface area contributed by atoms with E-state index in [9.17, 15) is 19.2 Å². The van der Waals surface area contributed by atoms with E-state index in [0.29, 0.717) is 5.56 Å². The number of aromatic amines is 1. The number of fused-ring (bicyclic) bond motifs is 2. The highest BCUT2D eigenvalue weighted by molar-refractivity contribution is 6.22. The van der Waals surface area contributed by atoms with Gasteiger partial charge in [0.25, 0.3) is 17.7 Å². The number of hydroxylamine groups is 1. The Bertz CT molecular complexity index is 1310. The van der Waals surface area contributed by atoms with Gasteiger partial charge in [-0.15, -0.1) is 0 Å². The third kappa shape index (κ3) is 4.07. The molecule has 1 aliphatic rings. The van der Waals surface area contributed by atoms with E-state index in [2.05, 4.69) is 16.8 Å². The number of H-pyrrole nitrogens is 1. The zero-order chi connectivity index (χ0) is 23.5. The molecule has 0 saturated carbocycles. The van der Waals surface area contributed by atoms with Crippen LogP contribution in [-0.2, 0) is 20.7 Å². The summed E-state index contributed by atoms with van der Waals surface area (Å²) < 4.78 is 4.91. The molecule has 9 heteroatoms. The Hall–Kier alpha value is -4.42. The maximum absolute atomic E-state index is 12.9. The molecule has 3 aromatic rings. The lowest BCUT2D eigenvalue weighted by Gasteiger charge is -2.23. The van der Waals surface area contributed by atoms with Gasteiger partial charge in [0, 0.05) is 29.1 Å². The highest BCUT2D eigenvalue weighted by Gasteiger charge is 2.43. The topological polar surface area (TPSA) is 129 Å². The summed E-state index contributed by atoms with van der Waals surface area (Å²) in [5, 5.41) is 9.31. The quantitative estimate of drug-likeness (QED) is 0.181. The number of amides is 3. The van der Waals surface area contributed by atoms with E-state index >= 15 is 0 Å². The molecule has 1 aliphatic heterocycles. The van der Waals surface area contributed by atoms with Crippen molar-refractivity contribution >= 4 is 34.6 Å². The first-order valence-electron chi connectivity index (χ1n) is 10.0. The number of ether oxygens (including phenoxy) is 1. The highest BCUT2D eigenvalue weighted by Crippen LogP contribution is 2.28. The molecule has 2 aromatic carbocycles. The number of imide groups is 1. The Kier molecular flexibility index (Phi) is 5.93. The van der Waals surface area contributed by atoms with Gasteiger partial charge in [0.2, 0.25) is 0 Å². The summed E-state index contributed by atoms with van der Waals surface area (Å²) >= 11 is 0. The molecule has 0 unspecified atom stereocenters. The summed E-state index contributed by atoms with van der Waals surface area (Å²) in [5.41, 5.74) is 4.12. The number of benzene rings is 2. The van der Waals surface area contributed by atoms with Crippen LogP contribution in [0.4, 0.5) is 0 Å². The van der Waals surface area contributed by atoms with Crippen LogP contribution in [0.5, 0.6) is 0 Å². The summed E-state index contributed by atoms with van der Waals surface area (Å²) in [4.78, 5) is 53.6. The maximum atomic E-state index is 12.9. The van der Waals surface area contributed by atoms with E-state index in [0.717, 1.165) is 21.4 Å². The molecule has 3 amide bonds. The fourth-order valence-corrected chi connectivity index (χ4v) is 3.81. The van der Waals surface area contributed by atoms with Gasteiger partial charge < -0.3 is 9.72 Å². The minimum Gasteiger partial charge on any atom is -0.467 e.